The molecule has 0 aliphatic rings. The van der Waals surface area contributed by atoms with Crippen LogP contribution in [-0.4, -0.2) is 39.3 Å². The van der Waals surface area contributed by atoms with Crippen molar-refractivity contribution in [2.45, 2.75) is 13.3 Å². The first kappa shape index (κ1) is 16.2. The van der Waals surface area contributed by atoms with Gasteiger partial charge in [-0.1, -0.05) is 24.8 Å². The van der Waals surface area contributed by atoms with E-state index in [9.17, 15) is 4.79 Å². The predicted molar refractivity (Wildman–Crippen MR) is 83.0 cm³/mol. The molecule has 0 saturated carbocycles. The second kappa shape index (κ2) is 9.15. The van der Waals surface area contributed by atoms with E-state index in [1.165, 1.54) is 5.69 Å². The summed E-state index contributed by atoms with van der Waals surface area (Å²) in [6.07, 6.45) is 1.00. The van der Waals surface area contributed by atoms with Crippen LogP contribution in [0.15, 0.2) is 42.5 Å². The molecule has 0 spiro atoms. The maximum Gasteiger partial charge on any atom is 0.334 e. The summed E-state index contributed by atoms with van der Waals surface area (Å²) in [6.45, 7) is 8.17. The number of ether oxygens (including phenoxy) is 1. The van der Waals surface area contributed by atoms with Gasteiger partial charge in [0.15, 0.2) is 0 Å². The molecule has 20 heavy (non-hydrogen) atoms. The van der Waals surface area contributed by atoms with Gasteiger partial charge in [-0.2, -0.15) is 0 Å². The Morgan fingerprint density at radius 2 is 2.05 bits per heavy atom. The van der Waals surface area contributed by atoms with Crippen molar-refractivity contribution in [1.82, 2.24) is 5.32 Å². The molecule has 0 aliphatic carbocycles. The highest BCUT2D eigenvalue weighted by Crippen LogP contribution is 2.10. The number of benzene rings is 1. The first-order valence-electron chi connectivity index (χ1n) is 6.97. The van der Waals surface area contributed by atoms with Crippen molar-refractivity contribution < 1.29 is 9.53 Å². The first-order valence-corrected chi connectivity index (χ1v) is 6.97. The third kappa shape index (κ3) is 5.89. The number of para-hydroxylation sites is 1. The van der Waals surface area contributed by atoms with Gasteiger partial charge in [-0.05, 0) is 32.0 Å². The monoisotopic (exact) mass is 276 g/mol. The van der Waals surface area contributed by atoms with E-state index >= 15 is 0 Å². The molecule has 1 N–H and O–H groups in total. The van der Waals surface area contributed by atoms with Crippen molar-refractivity contribution in [3.05, 3.63) is 42.5 Å². The Bertz CT molecular complexity index is 418. The molecule has 0 aromatic heterocycles. The van der Waals surface area contributed by atoms with E-state index in [4.69, 9.17) is 4.74 Å². The number of anilines is 1. The number of esters is 1. The molecule has 1 aromatic carbocycles. The van der Waals surface area contributed by atoms with Crippen LogP contribution < -0.4 is 10.2 Å². The second-order valence-electron chi connectivity index (χ2n) is 4.61. The highest BCUT2D eigenvalue weighted by molar-refractivity contribution is 5.88. The summed E-state index contributed by atoms with van der Waals surface area (Å²) < 4.78 is 4.87. The van der Waals surface area contributed by atoms with Gasteiger partial charge in [-0.25, -0.2) is 4.79 Å². The Balaban J connectivity index is 2.13. The maximum absolute atomic E-state index is 11.3. The summed E-state index contributed by atoms with van der Waals surface area (Å²) in [5.41, 5.74) is 1.69. The van der Waals surface area contributed by atoms with Crippen molar-refractivity contribution in [1.29, 1.82) is 0 Å². The Hall–Kier alpha value is -1.81. The molecule has 110 valence electrons. The van der Waals surface area contributed by atoms with Crippen LogP contribution in [0.2, 0.25) is 0 Å². The van der Waals surface area contributed by atoms with Gasteiger partial charge in [-0.15, -0.1) is 0 Å². The van der Waals surface area contributed by atoms with Gasteiger partial charge >= 0.3 is 5.97 Å². The lowest BCUT2D eigenvalue weighted by molar-refractivity contribution is -0.138. The zero-order valence-corrected chi connectivity index (χ0v) is 12.4. The van der Waals surface area contributed by atoms with Gasteiger partial charge in [0.05, 0.1) is 6.61 Å². The van der Waals surface area contributed by atoms with Crippen molar-refractivity contribution in [2.75, 3.05) is 38.2 Å². The van der Waals surface area contributed by atoms with E-state index in [-0.39, 0.29) is 5.97 Å². The molecule has 0 aliphatic heterocycles. The van der Waals surface area contributed by atoms with Crippen LogP contribution in [0.5, 0.6) is 0 Å². The fourth-order valence-electron chi connectivity index (χ4n) is 1.80. The van der Waals surface area contributed by atoms with E-state index < -0.39 is 0 Å². The molecule has 0 radical (unpaired) electrons. The van der Waals surface area contributed by atoms with E-state index in [2.05, 4.69) is 36.0 Å². The zero-order chi connectivity index (χ0) is 14.8. The third-order valence-corrected chi connectivity index (χ3v) is 2.95. The largest absolute Gasteiger partial charge is 0.463 e. The molecular weight excluding hydrogens is 252 g/mol. The fraction of sp³-hybridized carbons (Fsp3) is 0.438. The van der Waals surface area contributed by atoms with E-state index in [0.29, 0.717) is 18.7 Å². The molecule has 1 rings (SSSR count). The van der Waals surface area contributed by atoms with Crippen molar-refractivity contribution in [2.24, 2.45) is 0 Å². The van der Waals surface area contributed by atoms with Gasteiger partial charge < -0.3 is 15.0 Å². The van der Waals surface area contributed by atoms with Crippen LogP contribution in [0.4, 0.5) is 5.69 Å². The van der Waals surface area contributed by atoms with Crippen LogP contribution >= 0.6 is 0 Å². The van der Waals surface area contributed by atoms with E-state index in [1.54, 1.807) is 6.92 Å². The Labute approximate surface area is 121 Å². The Kier molecular flexibility index (Phi) is 7.43. The maximum atomic E-state index is 11.3. The summed E-state index contributed by atoms with van der Waals surface area (Å²) in [7, 11) is 2.08. The minimum Gasteiger partial charge on any atom is -0.463 e. The minimum absolute atomic E-state index is 0.318. The lowest BCUT2D eigenvalue weighted by Crippen LogP contribution is -2.26. The number of nitrogens with zero attached hydrogens (tertiary/aromatic N) is 1. The molecule has 0 bridgehead atoms. The van der Waals surface area contributed by atoms with Crippen molar-refractivity contribution >= 4 is 11.7 Å². The molecule has 1 aromatic rings. The zero-order valence-electron chi connectivity index (χ0n) is 12.4. The normalized spacial score (nSPS) is 10.1. The van der Waals surface area contributed by atoms with E-state index in [0.717, 1.165) is 19.5 Å². The van der Waals surface area contributed by atoms with Gasteiger partial charge in [-0.3, -0.25) is 0 Å². The summed E-state index contributed by atoms with van der Waals surface area (Å²) in [5, 5.41) is 3.20. The SMILES string of the molecule is C=C(CNCCCN(C)c1ccccc1)C(=O)OCC. The fourth-order valence-corrected chi connectivity index (χ4v) is 1.80. The molecule has 0 saturated heterocycles. The van der Waals surface area contributed by atoms with Crippen LogP contribution in [0, 0.1) is 0 Å². The van der Waals surface area contributed by atoms with Crippen LogP contribution in [0.3, 0.4) is 0 Å². The van der Waals surface area contributed by atoms with E-state index in [1.807, 2.05) is 18.2 Å². The number of rotatable bonds is 9. The van der Waals surface area contributed by atoms with Gasteiger partial charge in [0.25, 0.3) is 0 Å². The number of carbonyl (C=O) groups is 1. The van der Waals surface area contributed by atoms with Crippen molar-refractivity contribution in [3.8, 4) is 0 Å². The summed E-state index contributed by atoms with van der Waals surface area (Å²) >= 11 is 0. The molecule has 0 fully saturated rings. The molecule has 4 nitrogen and oxygen atoms in total. The van der Waals surface area contributed by atoms with Crippen molar-refractivity contribution in [3.63, 3.8) is 0 Å². The topological polar surface area (TPSA) is 41.6 Å². The molecular formula is C16H24N2O2. The molecule has 0 amide bonds. The van der Waals surface area contributed by atoms with Crippen LogP contribution in [0.1, 0.15) is 13.3 Å². The quantitative estimate of drug-likeness (QED) is 0.426. The highest BCUT2D eigenvalue weighted by atomic mass is 16.5. The highest BCUT2D eigenvalue weighted by Gasteiger charge is 2.06. The first-order chi connectivity index (χ1) is 9.65. The van der Waals surface area contributed by atoms with Crippen LogP contribution in [0.25, 0.3) is 0 Å². The second-order valence-corrected chi connectivity index (χ2v) is 4.61. The lowest BCUT2D eigenvalue weighted by Gasteiger charge is -2.19. The number of nitrogens with one attached hydrogen (secondary N) is 1. The number of hydrogen-bond acceptors (Lipinski definition) is 4. The summed E-state index contributed by atoms with van der Waals surface area (Å²) in [4.78, 5) is 13.5. The molecule has 0 atom stereocenters. The standard InChI is InChI=1S/C16H24N2O2/c1-4-20-16(19)14(2)13-17-11-8-12-18(3)15-9-6-5-7-10-15/h5-7,9-10,17H,2,4,8,11-13H2,1,3H3. The lowest BCUT2D eigenvalue weighted by atomic mass is 10.2. The van der Waals surface area contributed by atoms with Crippen LogP contribution in [-0.2, 0) is 9.53 Å². The van der Waals surface area contributed by atoms with Gasteiger partial charge in [0, 0.05) is 31.4 Å². The summed E-state index contributed by atoms with van der Waals surface area (Å²) in [5.74, 6) is -0.318. The Morgan fingerprint density at radius 3 is 2.70 bits per heavy atom. The molecule has 0 heterocycles. The minimum atomic E-state index is -0.318. The molecule has 0 unspecified atom stereocenters. The number of carbonyl (C=O) groups excluding carboxylic acids is 1. The van der Waals surface area contributed by atoms with Gasteiger partial charge in [0.2, 0.25) is 0 Å². The van der Waals surface area contributed by atoms with Gasteiger partial charge in [0.1, 0.15) is 0 Å². The predicted octanol–water partition coefficient (Wildman–Crippen LogP) is 2.22. The average molecular weight is 276 g/mol. The summed E-state index contributed by atoms with van der Waals surface area (Å²) in [6, 6.07) is 10.3. The smallest absolute Gasteiger partial charge is 0.334 e. The third-order valence-electron chi connectivity index (χ3n) is 2.95. The Morgan fingerprint density at radius 1 is 1.35 bits per heavy atom. The molecule has 4 heteroatoms. The average Bonchev–Trinajstić information content (AvgIpc) is 2.47. The number of hydrogen-bond donors (Lipinski definition) is 1.